The highest BCUT2D eigenvalue weighted by atomic mass is 79.9. The molecule has 6 nitrogen and oxygen atoms in total. The average molecular weight is 448 g/mol. The summed E-state index contributed by atoms with van der Waals surface area (Å²) in [7, 11) is 0. The first-order chi connectivity index (χ1) is 12.7. The number of hydrogen-bond acceptors (Lipinski definition) is 5. The van der Waals surface area contributed by atoms with Gasteiger partial charge in [-0.1, -0.05) is 0 Å². The predicted molar refractivity (Wildman–Crippen MR) is 95.6 cm³/mol. The molecule has 0 spiro atoms. The van der Waals surface area contributed by atoms with Gasteiger partial charge in [0.2, 0.25) is 0 Å². The zero-order valence-electron chi connectivity index (χ0n) is 14.3. The van der Waals surface area contributed by atoms with Gasteiger partial charge in [-0.25, -0.2) is 4.98 Å². The number of furan rings is 1. The summed E-state index contributed by atoms with van der Waals surface area (Å²) < 4.78 is 44.6. The quantitative estimate of drug-likeness (QED) is 0.741. The van der Waals surface area contributed by atoms with Crippen LogP contribution in [0.2, 0.25) is 0 Å². The van der Waals surface area contributed by atoms with E-state index in [2.05, 4.69) is 26.2 Å². The number of pyridine rings is 1. The molecular formula is C17H17BrF3N3O3. The summed E-state index contributed by atoms with van der Waals surface area (Å²) in [6, 6.07) is 2.75. The summed E-state index contributed by atoms with van der Waals surface area (Å²) in [6.07, 6.45) is -2.18. The number of halogens is 4. The van der Waals surface area contributed by atoms with Crippen molar-refractivity contribution in [3.05, 3.63) is 40.4 Å². The van der Waals surface area contributed by atoms with Crippen molar-refractivity contribution in [2.45, 2.75) is 38.1 Å². The highest BCUT2D eigenvalue weighted by Crippen LogP contribution is 2.43. The van der Waals surface area contributed by atoms with Crippen LogP contribution in [0.15, 0.2) is 33.5 Å². The van der Waals surface area contributed by atoms with Crippen LogP contribution in [0.3, 0.4) is 0 Å². The van der Waals surface area contributed by atoms with Crippen molar-refractivity contribution in [3.63, 3.8) is 0 Å². The molecule has 0 radical (unpaired) electrons. The molecule has 3 heterocycles. The number of rotatable bonds is 3. The molecule has 3 rings (SSSR count). The van der Waals surface area contributed by atoms with Crippen molar-refractivity contribution in [1.29, 1.82) is 0 Å². The predicted octanol–water partition coefficient (Wildman–Crippen LogP) is 4.06. The van der Waals surface area contributed by atoms with Crippen molar-refractivity contribution < 1.29 is 27.5 Å². The molecule has 2 aromatic rings. The van der Waals surface area contributed by atoms with Gasteiger partial charge in [-0.15, -0.1) is 0 Å². The zero-order valence-corrected chi connectivity index (χ0v) is 15.8. The Labute approximate surface area is 161 Å². The molecule has 10 heteroatoms. The van der Waals surface area contributed by atoms with Gasteiger partial charge in [0.15, 0.2) is 11.6 Å². The zero-order chi connectivity index (χ0) is 19.8. The van der Waals surface area contributed by atoms with Gasteiger partial charge in [0.25, 0.3) is 5.91 Å². The fraction of sp³-hybridized carbons (Fsp3) is 0.412. The van der Waals surface area contributed by atoms with E-state index in [4.69, 9.17) is 4.42 Å². The molecule has 2 aromatic heterocycles. The van der Waals surface area contributed by atoms with Crippen LogP contribution in [-0.4, -0.2) is 34.7 Å². The maximum Gasteiger partial charge on any atom is 0.419 e. The largest absolute Gasteiger partial charge is 0.459 e. The second-order valence-electron chi connectivity index (χ2n) is 6.33. The van der Waals surface area contributed by atoms with Gasteiger partial charge in [0, 0.05) is 18.8 Å². The van der Waals surface area contributed by atoms with E-state index < -0.39 is 23.8 Å². The second kappa shape index (κ2) is 7.51. The molecule has 1 amide bonds. The van der Waals surface area contributed by atoms with Crippen molar-refractivity contribution >= 4 is 33.3 Å². The van der Waals surface area contributed by atoms with Gasteiger partial charge in [-0.2, -0.15) is 13.2 Å². The third-order valence-electron chi connectivity index (χ3n) is 4.40. The van der Waals surface area contributed by atoms with Crippen LogP contribution in [0, 0.1) is 0 Å². The number of piperidine rings is 1. The normalized spacial score (nSPS) is 20.6. The lowest BCUT2D eigenvalue weighted by molar-refractivity contribution is -0.138. The molecule has 2 N–H and O–H groups in total. The first-order valence-electron chi connectivity index (χ1n) is 8.23. The number of amides is 1. The van der Waals surface area contributed by atoms with Gasteiger partial charge in [0.05, 0.1) is 28.1 Å². The van der Waals surface area contributed by atoms with Crippen molar-refractivity contribution in [2.75, 3.05) is 16.8 Å². The second-order valence-corrected chi connectivity index (χ2v) is 7.13. The third kappa shape index (κ3) is 4.11. The monoisotopic (exact) mass is 447 g/mol. The Hall–Kier alpha value is -2.07. The fourth-order valence-corrected chi connectivity index (χ4v) is 3.65. The van der Waals surface area contributed by atoms with Gasteiger partial charge in [-0.3, -0.25) is 4.79 Å². The first-order valence-corrected chi connectivity index (χ1v) is 9.03. The molecule has 0 aliphatic carbocycles. The molecule has 27 heavy (non-hydrogen) atoms. The SMILES string of the molecule is C[C@@H]1C[C@@H](O)CCN1c1ncc(C(F)(F)F)c(Br)c1NC(=O)c1ccco1. The van der Waals surface area contributed by atoms with Gasteiger partial charge >= 0.3 is 6.18 Å². The molecule has 0 saturated carbocycles. The van der Waals surface area contributed by atoms with E-state index in [-0.39, 0.29) is 27.8 Å². The Balaban J connectivity index is 2.04. The summed E-state index contributed by atoms with van der Waals surface area (Å²) in [4.78, 5) is 18.1. The van der Waals surface area contributed by atoms with E-state index in [1.54, 1.807) is 4.90 Å². The number of aromatic nitrogens is 1. The van der Waals surface area contributed by atoms with E-state index in [0.29, 0.717) is 19.4 Å². The number of nitrogens with zero attached hydrogens (tertiary/aromatic N) is 2. The minimum atomic E-state index is -4.64. The Morgan fingerprint density at radius 3 is 2.81 bits per heavy atom. The molecule has 1 aliphatic heterocycles. The fourth-order valence-electron chi connectivity index (χ4n) is 3.05. The molecule has 1 saturated heterocycles. The maximum atomic E-state index is 13.3. The summed E-state index contributed by atoms with van der Waals surface area (Å²) in [5.74, 6) is -0.519. The summed E-state index contributed by atoms with van der Waals surface area (Å²) in [6.45, 7) is 2.24. The minimum Gasteiger partial charge on any atom is -0.459 e. The minimum absolute atomic E-state index is 0.0348. The van der Waals surface area contributed by atoms with E-state index in [1.165, 1.54) is 18.4 Å². The van der Waals surface area contributed by atoms with Crippen LogP contribution >= 0.6 is 15.9 Å². The number of carbonyl (C=O) groups excluding carboxylic acids is 1. The summed E-state index contributed by atoms with van der Waals surface area (Å²) in [5.41, 5.74) is -1.08. The average Bonchev–Trinajstić information content (AvgIpc) is 3.10. The Morgan fingerprint density at radius 2 is 2.22 bits per heavy atom. The lowest BCUT2D eigenvalue weighted by Gasteiger charge is -2.38. The molecule has 1 fully saturated rings. The maximum absolute atomic E-state index is 13.3. The standard InChI is InChI=1S/C17H17BrF3N3O3/c1-9-7-10(25)4-5-24(9)15-14(23-16(26)12-3-2-6-27-12)13(18)11(8-22-15)17(19,20)21/h2-3,6,8-10,25H,4-5,7H2,1H3,(H,23,26)/t9-,10+/m1/s1. The van der Waals surface area contributed by atoms with Gasteiger partial charge in [0.1, 0.15) is 0 Å². The van der Waals surface area contributed by atoms with E-state index in [9.17, 15) is 23.1 Å². The van der Waals surface area contributed by atoms with Crippen molar-refractivity contribution in [1.82, 2.24) is 4.98 Å². The van der Waals surface area contributed by atoms with Crippen LogP contribution in [0.5, 0.6) is 0 Å². The van der Waals surface area contributed by atoms with Crippen LogP contribution in [0.25, 0.3) is 0 Å². The third-order valence-corrected chi connectivity index (χ3v) is 5.23. The Kier molecular flexibility index (Phi) is 5.48. The topological polar surface area (TPSA) is 78.6 Å². The van der Waals surface area contributed by atoms with E-state index >= 15 is 0 Å². The van der Waals surface area contributed by atoms with Crippen LogP contribution in [0.1, 0.15) is 35.9 Å². The molecular weight excluding hydrogens is 431 g/mol. The molecule has 1 aliphatic rings. The van der Waals surface area contributed by atoms with Crippen molar-refractivity contribution in [2.24, 2.45) is 0 Å². The molecule has 0 bridgehead atoms. The number of carbonyl (C=O) groups is 1. The number of nitrogens with one attached hydrogen (secondary N) is 1. The number of alkyl halides is 3. The number of hydrogen-bond donors (Lipinski definition) is 2. The number of aliphatic hydroxyl groups is 1. The molecule has 146 valence electrons. The lowest BCUT2D eigenvalue weighted by atomic mass is 10.0. The van der Waals surface area contributed by atoms with Crippen LogP contribution in [-0.2, 0) is 6.18 Å². The van der Waals surface area contributed by atoms with Crippen molar-refractivity contribution in [3.8, 4) is 0 Å². The van der Waals surface area contributed by atoms with E-state index in [0.717, 1.165) is 6.20 Å². The highest BCUT2D eigenvalue weighted by molar-refractivity contribution is 9.10. The number of anilines is 2. The van der Waals surface area contributed by atoms with Gasteiger partial charge in [-0.05, 0) is 47.8 Å². The molecule has 2 atom stereocenters. The van der Waals surface area contributed by atoms with Crippen LogP contribution < -0.4 is 10.2 Å². The van der Waals surface area contributed by atoms with Gasteiger partial charge < -0.3 is 19.7 Å². The molecule has 0 aromatic carbocycles. The molecule has 0 unspecified atom stereocenters. The number of aliphatic hydroxyl groups excluding tert-OH is 1. The highest BCUT2D eigenvalue weighted by Gasteiger charge is 2.37. The lowest BCUT2D eigenvalue weighted by Crippen LogP contribution is -2.43. The smallest absolute Gasteiger partial charge is 0.419 e. The van der Waals surface area contributed by atoms with Crippen LogP contribution in [0.4, 0.5) is 24.7 Å². The first kappa shape index (κ1) is 19.7. The Morgan fingerprint density at radius 1 is 1.48 bits per heavy atom. The van der Waals surface area contributed by atoms with E-state index in [1.807, 2.05) is 6.92 Å². The summed E-state index contributed by atoms with van der Waals surface area (Å²) >= 11 is 2.98. The summed E-state index contributed by atoms with van der Waals surface area (Å²) in [5, 5.41) is 12.3. The Bertz CT molecular complexity index is 827.